The van der Waals surface area contributed by atoms with Crippen LogP contribution in [0.15, 0.2) is 0 Å². The first-order valence-corrected chi connectivity index (χ1v) is 3.90. The number of rotatable bonds is 5. The number of unbranched alkanes of at least 4 members (excludes halogenated alkanes) is 3. The molecular weight excluding hydrogens is 211 g/mol. The fraction of sp³-hybridized carbons (Fsp3) is 0.889. The number of esters is 1. The molecular formula is C9H22Cl2O2. The first-order chi connectivity index (χ1) is 4.77. The minimum atomic E-state index is -0.170. The van der Waals surface area contributed by atoms with Crippen molar-refractivity contribution in [2.75, 3.05) is 6.61 Å². The minimum absolute atomic E-state index is 0. The Morgan fingerprint density at radius 2 is 1.69 bits per heavy atom. The van der Waals surface area contributed by atoms with Gasteiger partial charge in [0.1, 0.15) is 0 Å². The molecule has 0 saturated heterocycles. The van der Waals surface area contributed by atoms with Gasteiger partial charge in [0.25, 0.3) is 0 Å². The quantitative estimate of drug-likeness (QED) is 0.535. The van der Waals surface area contributed by atoms with Crippen LogP contribution in [0.2, 0.25) is 0 Å². The van der Waals surface area contributed by atoms with Crippen LogP contribution in [0.1, 0.15) is 47.0 Å². The van der Waals surface area contributed by atoms with Gasteiger partial charge in [0.2, 0.25) is 0 Å². The first kappa shape index (κ1) is 23.1. The Kier molecular flexibility index (Phi) is 32.0. The van der Waals surface area contributed by atoms with Crippen molar-refractivity contribution >= 4 is 30.8 Å². The molecule has 0 fully saturated rings. The first-order valence-electron chi connectivity index (χ1n) is 3.90. The molecule has 0 bridgehead atoms. The highest BCUT2D eigenvalue weighted by Crippen LogP contribution is 1.98. The smallest absolute Gasteiger partial charge is 0.302 e. The van der Waals surface area contributed by atoms with Crippen molar-refractivity contribution in [3.05, 3.63) is 0 Å². The van der Waals surface area contributed by atoms with Crippen molar-refractivity contribution < 1.29 is 9.53 Å². The van der Waals surface area contributed by atoms with E-state index in [0.717, 1.165) is 6.42 Å². The summed E-state index contributed by atoms with van der Waals surface area (Å²) in [5.41, 5.74) is 0. The fourth-order valence-electron chi connectivity index (χ4n) is 0.745. The molecule has 0 radical (unpaired) electrons. The van der Waals surface area contributed by atoms with Crippen molar-refractivity contribution in [1.82, 2.24) is 0 Å². The van der Waals surface area contributed by atoms with Gasteiger partial charge >= 0.3 is 5.97 Å². The van der Waals surface area contributed by atoms with Crippen LogP contribution in [0, 0.1) is 0 Å². The maximum atomic E-state index is 10.3. The summed E-state index contributed by atoms with van der Waals surface area (Å²) in [6.45, 7) is 4.20. The van der Waals surface area contributed by atoms with Gasteiger partial charge in [0.05, 0.1) is 6.61 Å². The third-order valence-electron chi connectivity index (χ3n) is 1.30. The highest BCUT2D eigenvalue weighted by Gasteiger charge is 1.91. The zero-order valence-electron chi connectivity index (χ0n) is 7.67. The Bertz CT molecular complexity index is 97.6. The van der Waals surface area contributed by atoms with E-state index >= 15 is 0 Å². The van der Waals surface area contributed by atoms with E-state index in [2.05, 4.69) is 6.92 Å². The lowest BCUT2D eigenvalue weighted by Crippen LogP contribution is -1.99. The summed E-state index contributed by atoms with van der Waals surface area (Å²) < 4.78 is 4.75. The molecule has 0 heterocycles. The summed E-state index contributed by atoms with van der Waals surface area (Å²) in [4.78, 5) is 10.3. The van der Waals surface area contributed by atoms with Crippen molar-refractivity contribution in [1.29, 1.82) is 0 Å². The average Bonchev–Trinajstić information content (AvgIpc) is 1.87. The van der Waals surface area contributed by atoms with Crippen LogP contribution in [0.4, 0.5) is 0 Å². The molecule has 2 nitrogen and oxygen atoms in total. The number of halogens is 2. The maximum Gasteiger partial charge on any atom is 0.302 e. The van der Waals surface area contributed by atoms with E-state index in [1.807, 2.05) is 0 Å². The fourth-order valence-corrected chi connectivity index (χ4v) is 0.745. The topological polar surface area (TPSA) is 26.3 Å². The zero-order chi connectivity index (χ0) is 7.82. The van der Waals surface area contributed by atoms with Gasteiger partial charge < -0.3 is 4.74 Å². The average molecular weight is 233 g/mol. The van der Waals surface area contributed by atoms with Crippen molar-refractivity contribution in [2.24, 2.45) is 0 Å². The van der Waals surface area contributed by atoms with Crippen molar-refractivity contribution in [2.45, 2.75) is 47.0 Å². The molecule has 0 spiro atoms. The van der Waals surface area contributed by atoms with Gasteiger partial charge in [0, 0.05) is 6.92 Å². The highest BCUT2D eigenvalue weighted by atomic mass is 35.5. The molecule has 0 saturated carbocycles. The van der Waals surface area contributed by atoms with Crippen LogP contribution in [-0.4, -0.2) is 12.6 Å². The Hall–Kier alpha value is 0.0500. The second kappa shape index (κ2) is 18.0. The van der Waals surface area contributed by atoms with Gasteiger partial charge in [-0.1, -0.05) is 33.6 Å². The molecule has 0 aromatic rings. The second-order valence-corrected chi connectivity index (χ2v) is 2.40. The van der Waals surface area contributed by atoms with Gasteiger partial charge in [-0.15, -0.1) is 24.8 Å². The van der Waals surface area contributed by atoms with E-state index in [9.17, 15) is 4.79 Å². The van der Waals surface area contributed by atoms with Gasteiger partial charge in [-0.3, -0.25) is 4.79 Å². The SMILES string of the molecule is C.CCCCCCOC(C)=O.Cl.Cl. The van der Waals surface area contributed by atoms with Crippen LogP contribution < -0.4 is 0 Å². The molecule has 84 valence electrons. The van der Waals surface area contributed by atoms with Crippen LogP contribution in [0.25, 0.3) is 0 Å². The summed E-state index contributed by atoms with van der Waals surface area (Å²) in [7, 11) is 0. The van der Waals surface area contributed by atoms with Gasteiger partial charge in [0.15, 0.2) is 0 Å². The van der Waals surface area contributed by atoms with Crippen LogP contribution in [-0.2, 0) is 9.53 Å². The molecule has 0 unspecified atom stereocenters. The molecule has 0 atom stereocenters. The normalized spacial score (nSPS) is 7.23. The Morgan fingerprint density at radius 3 is 2.08 bits per heavy atom. The second-order valence-electron chi connectivity index (χ2n) is 2.40. The molecule has 0 aliphatic rings. The number of carbonyl (C=O) groups is 1. The lowest BCUT2D eigenvalue weighted by Gasteiger charge is -1.99. The molecule has 0 aromatic heterocycles. The summed E-state index contributed by atoms with van der Waals surface area (Å²) in [5, 5.41) is 0. The third kappa shape index (κ3) is 24.5. The number of hydrogen-bond acceptors (Lipinski definition) is 2. The van der Waals surface area contributed by atoms with Crippen molar-refractivity contribution in [3.8, 4) is 0 Å². The summed E-state index contributed by atoms with van der Waals surface area (Å²) >= 11 is 0. The number of ether oxygens (including phenoxy) is 1. The van der Waals surface area contributed by atoms with Gasteiger partial charge in [-0.25, -0.2) is 0 Å². The largest absolute Gasteiger partial charge is 0.466 e. The predicted molar refractivity (Wildman–Crippen MR) is 62.0 cm³/mol. The highest BCUT2D eigenvalue weighted by molar-refractivity contribution is 5.85. The zero-order valence-corrected chi connectivity index (χ0v) is 9.30. The van der Waals surface area contributed by atoms with E-state index in [0.29, 0.717) is 6.61 Å². The molecule has 0 aliphatic heterocycles. The summed E-state index contributed by atoms with van der Waals surface area (Å²) in [6, 6.07) is 0. The van der Waals surface area contributed by atoms with Crippen LogP contribution >= 0.6 is 24.8 Å². The lowest BCUT2D eigenvalue weighted by atomic mass is 10.2. The van der Waals surface area contributed by atoms with Crippen molar-refractivity contribution in [3.63, 3.8) is 0 Å². The molecule has 13 heavy (non-hydrogen) atoms. The van der Waals surface area contributed by atoms with E-state index in [1.165, 1.54) is 26.2 Å². The Labute approximate surface area is 94.2 Å². The molecule has 0 aliphatic carbocycles. The molecule has 4 heteroatoms. The third-order valence-corrected chi connectivity index (χ3v) is 1.30. The summed E-state index contributed by atoms with van der Waals surface area (Å²) in [6.07, 6.45) is 4.64. The Balaban J connectivity index is -0.000000135. The molecule has 0 aromatic carbocycles. The molecule has 0 amide bonds. The van der Waals surface area contributed by atoms with Gasteiger partial charge in [-0.2, -0.15) is 0 Å². The van der Waals surface area contributed by atoms with Gasteiger partial charge in [-0.05, 0) is 6.42 Å². The maximum absolute atomic E-state index is 10.3. The number of hydrogen-bond donors (Lipinski definition) is 0. The van der Waals surface area contributed by atoms with Crippen LogP contribution in [0.5, 0.6) is 0 Å². The van der Waals surface area contributed by atoms with Crippen LogP contribution in [0.3, 0.4) is 0 Å². The summed E-state index contributed by atoms with van der Waals surface area (Å²) in [5.74, 6) is -0.170. The van der Waals surface area contributed by atoms with E-state index < -0.39 is 0 Å². The Morgan fingerprint density at radius 1 is 1.15 bits per heavy atom. The van der Waals surface area contributed by atoms with E-state index in [-0.39, 0.29) is 38.2 Å². The monoisotopic (exact) mass is 232 g/mol. The lowest BCUT2D eigenvalue weighted by molar-refractivity contribution is -0.141. The minimum Gasteiger partial charge on any atom is -0.466 e. The predicted octanol–water partition coefficient (Wildman–Crippen LogP) is 3.61. The molecule has 0 N–H and O–H groups in total. The number of carbonyl (C=O) groups excluding carboxylic acids is 1. The molecule has 0 rings (SSSR count). The standard InChI is InChI=1S/C8H16O2.CH4.2ClH/c1-3-4-5-6-7-10-8(2)9;;;/h3-7H2,1-2H3;1H4;2*1H. The van der Waals surface area contributed by atoms with E-state index in [1.54, 1.807) is 0 Å². The van der Waals surface area contributed by atoms with E-state index in [4.69, 9.17) is 4.74 Å².